The second-order valence-corrected chi connectivity index (χ2v) is 5.37. The highest BCUT2D eigenvalue weighted by Gasteiger charge is 2.34. The summed E-state index contributed by atoms with van der Waals surface area (Å²) < 4.78 is 9.60. The summed E-state index contributed by atoms with van der Waals surface area (Å²) in [6, 6.07) is 3.48. The van der Waals surface area contributed by atoms with Crippen LogP contribution in [0.3, 0.4) is 0 Å². The molecule has 130 valence electrons. The number of hydrogen-bond donors (Lipinski definition) is 2. The van der Waals surface area contributed by atoms with Crippen molar-refractivity contribution < 1.29 is 28.3 Å². The maximum Gasteiger partial charge on any atom is 0.306 e. The fraction of sp³-hybridized carbons (Fsp3) is 0.467. The molecular weight excluding hydrogens is 318 g/mol. The summed E-state index contributed by atoms with van der Waals surface area (Å²) in [4.78, 5) is 47.9. The predicted molar refractivity (Wildman–Crippen MR) is 79.8 cm³/mol. The maximum absolute atomic E-state index is 12.0. The molecule has 1 aliphatic rings. The van der Waals surface area contributed by atoms with E-state index in [-0.39, 0.29) is 31.7 Å². The zero-order valence-electron chi connectivity index (χ0n) is 13.2. The molecule has 3 amide bonds. The van der Waals surface area contributed by atoms with Crippen LogP contribution >= 0.6 is 0 Å². The number of esters is 1. The first kappa shape index (κ1) is 17.5. The number of amides is 3. The summed E-state index contributed by atoms with van der Waals surface area (Å²) in [6.07, 6.45) is 1.42. The summed E-state index contributed by atoms with van der Waals surface area (Å²) >= 11 is 0. The lowest BCUT2D eigenvalue weighted by Crippen LogP contribution is -2.45. The van der Waals surface area contributed by atoms with Crippen LogP contribution in [-0.2, 0) is 30.5 Å². The molecule has 0 spiro atoms. The molecular formula is C15H19N3O6. The fourth-order valence-corrected chi connectivity index (χ4v) is 2.30. The van der Waals surface area contributed by atoms with Crippen molar-refractivity contribution in [1.82, 2.24) is 15.8 Å². The highest BCUT2D eigenvalue weighted by Crippen LogP contribution is 2.20. The van der Waals surface area contributed by atoms with Crippen LogP contribution in [0.25, 0.3) is 0 Å². The molecule has 1 unspecified atom stereocenters. The van der Waals surface area contributed by atoms with E-state index in [2.05, 4.69) is 15.6 Å². The Balaban J connectivity index is 1.74. The molecule has 2 heterocycles. The Morgan fingerprint density at radius 1 is 1.33 bits per heavy atom. The van der Waals surface area contributed by atoms with Crippen LogP contribution in [0.5, 0.6) is 0 Å². The molecule has 1 fully saturated rings. The Labute approximate surface area is 138 Å². The van der Waals surface area contributed by atoms with Gasteiger partial charge in [-0.25, -0.2) is 0 Å². The molecule has 2 rings (SSSR count). The van der Waals surface area contributed by atoms with Gasteiger partial charge in [0.15, 0.2) is 0 Å². The van der Waals surface area contributed by atoms with Crippen LogP contribution in [-0.4, -0.2) is 42.2 Å². The van der Waals surface area contributed by atoms with Gasteiger partial charge in [0, 0.05) is 19.4 Å². The van der Waals surface area contributed by atoms with E-state index in [1.54, 1.807) is 12.1 Å². The minimum absolute atomic E-state index is 0.0724. The molecule has 24 heavy (non-hydrogen) atoms. The van der Waals surface area contributed by atoms with E-state index in [0.29, 0.717) is 12.3 Å². The van der Waals surface area contributed by atoms with Gasteiger partial charge in [-0.15, -0.1) is 0 Å². The Kier molecular flexibility index (Phi) is 5.94. The number of rotatable bonds is 6. The van der Waals surface area contributed by atoms with Crippen molar-refractivity contribution >= 4 is 23.7 Å². The number of ether oxygens (including phenoxy) is 1. The predicted octanol–water partition coefficient (Wildman–Crippen LogP) is -0.271. The Morgan fingerprint density at radius 3 is 2.79 bits per heavy atom. The van der Waals surface area contributed by atoms with Crippen LogP contribution in [0, 0.1) is 5.92 Å². The summed E-state index contributed by atoms with van der Waals surface area (Å²) in [5, 5.41) is 0. The molecule has 9 nitrogen and oxygen atoms in total. The van der Waals surface area contributed by atoms with Gasteiger partial charge >= 0.3 is 5.97 Å². The first-order valence-electron chi connectivity index (χ1n) is 7.45. The van der Waals surface area contributed by atoms with Gasteiger partial charge in [0.1, 0.15) is 5.76 Å². The van der Waals surface area contributed by atoms with Crippen molar-refractivity contribution in [2.24, 2.45) is 5.92 Å². The minimum atomic E-state index is -0.548. The maximum atomic E-state index is 12.0. The SMILES string of the molecule is COC(=O)CCC(=O)NNC(=O)C1CC(=O)N(Cc2ccco2)C1. The zero-order valence-corrected chi connectivity index (χ0v) is 13.2. The number of likely N-dealkylation sites (tertiary alicyclic amines) is 1. The van der Waals surface area contributed by atoms with Gasteiger partial charge in [-0.3, -0.25) is 30.0 Å². The number of hydrogen-bond acceptors (Lipinski definition) is 6. The summed E-state index contributed by atoms with van der Waals surface area (Å²) in [5.41, 5.74) is 4.49. The molecule has 9 heteroatoms. The quantitative estimate of drug-likeness (QED) is 0.545. The van der Waals surface area contributed by atoms with Crippen molar-refractivity contribution in [1.29, 1.82) is 0 Å². The van der Waals surface area contributed by atoms with E-state index < -0.39 is 23.7 Å². The number of nitrogens with zero attached hydrogens (tertiary/aromatic N) is 1. The van der Waals surface area contributed by atoms with Crippen LogP contribution in [0.1, 0.15) is 25.0 Å². The van der Waals surface area contributed by atoms with Crippen molar-refractivity contribution in [2.45, 2.75) is 25.8 Å². The molecule has 0 radical (unpaired) electrons. The van der Waals surface area contributed by atoms with E-state index in [1.807, 2.05) is 0 Å². The van der Waals surface area contributed by atoms with Crippen LogP contribution < -0.4 is 10.9 Å². The molecule has 1 aliphatic heterocycles. The second-order valence-electron chi connectivity index (χ2n) is 5.37. The Bertz CT molecular complexity index is 613. The van der Waals surface area contributed by atoms with Gasteiger partial charge in [-0.05, 0) is 12.1 Å². The molecule has 1 atom stereocenters. The number of methoxy groups -OCH3 is 1. The van der Waals surface area contributed by atoms with Crippen molar-refractivity contribution in [3.8, 4) is 0 Å². The van der Waals surface area contributed by atoms with Gasteiger partial charge in [0.25, 0.3) is 0 Å². The lowest BCUT2D eigenvalue weighted by molar-refractivity contribution is -0.142. The lowest BCUT2D eigenvalue weighted by Gasteiger charge is -2.15. The third-order valence-electron chi connectivity index (χ3n) is 3.62. The van der Waals surface area contributed by atoms with Crippen LogP contribution in [0.2, 0.25) is 0 Å². The first-order chi connectivity index (χ1) is 11.5. The summed E-state index contributed by atoms with van der Waals surface area (Å²) in [6.45, 7) is 0.560. The number of carbonyl (C=O) groups is 4. The average Bonchev–Trinajstić information content (AvgIpc) is 3.21. The second kappa shape index (κ2) is 8.14. The highest BCUT2D eigenvalue weighted by molar-refractivity contribution is 5.90. The van der Waals surface area contributed by atoms with Crippen molar-refractivity contribution in [3.05, 3.63) is 24.2 Å². The van der Waals surface area contributed by atoms with E-state index in [1.165, 1.54) is 18.3 Å². The number of furan rings is 1. The normalized spacial score (nSPS) is 16.8. The van der Waals surface area contributed by atoms with Gasteiger partial charge in [-0.2, -0.15) is 0 Å². The molecule has 1 aromatic rings. The van der Waals surface area contributed by atoms with E-state index in [4.69, 9.17) is 4.42 Å². The fourth-order valence-electron chi connectivity index (χ4n) is 2.30. The third kappa shape index (κ3) is 4.83. The summed E-state index contributed by atoms with van der Waals surface area (Å²) in [5.74, 6) is -1.52. The van der Waals surface area contributed by atoms with E-state index in [0.717, 1.165) is 0 Å². The number of nitrogens with one attached hydrogen (secondary N) is 2. The Morgan fingerprint density at radius 2 is 2.12 bits per heavy atom. The van der Waals surface area contributed by atoms with Gasteiger partial charge in [0.2, 0.25) is 17.7 Å². The first-order valence-corrected chi connectivity index (χ1v) is 7.45. The van der Waals surface area contributed by atoms with Crippen molar-refractivity contribution in [2.75, 3.05) is 13.7 Å². The molecule has 0 aromatic carbocycles. The highest BCUT2D eigenvalue weighted by atomic mass is 16.5. The molecule has 1 aromatic heterocycles. The molecule has 0 bridgehead atoms. The third-order valence-corrected chi connectivity index (χ3v) is 3.62. The minimum Gasteiger partial charge on any atom is -0.469 e. The van der Waals surface area contributed by atoms with Gasteiger partial charge in [0.05, 0.1) is 32.3 Å². The average molecular weight is 337 g/mol. The Hall–Kier alpha value is -2.84. The molecule has 0 saturated carbocycles. The van der Waals surface area contributed by atoms with Gasteiger partial charge in [-0.1, -0.05) is 0 Å². The monoisotopic (exact) mass is 337 g/mol. The smallest absolute Gasteiger partial charge is 0.306 e. The standard InChI is InChI=1S/C15H19N3O6/c1-23-14(21)5-4-12(19)16-17-15(22)10-7-13(20)18(8-10)9-11-3-2-6-24-11/h2-3,6,10H,4-5,7-9H2,1H3,(H,16,19)(H,17,22). The number of hydrazine groups is 1. The number of carbonyl (C=O) groups excluding carboxylic acids is 4. The zero-order chi connectivity index (χ0) is 17.5. The largest absolute Gasteiger partial charge is 0.469 e. The molecule has 0 aliphatic carbocycles. The molecule has 2 N–H and O–H groups in total. The van der Waals surface area contributed by atoms with E-state index >= 15 is 0 Å². The lowest BCUT2D eigenvalue weighted by atomic mass is 10.1. The summed E-state index contributed by atoms with van der Waals surface area (Å²) in [7, 11) is 1.23. The van der Waals surface area contributed by atoms with Crippen LogP contribution in [0.4, 0.5) is 0 Å². The van der Waals surface area contributed by atoms with E-state index in [9.17, 15) is 19.2 Å². The van der Waals surface area contributed by atoms with Gasteiger partial charge < -0.3 is 14.1 Å². The topological polar surface area (TPSA) is 118 Å². The van der Waals surface area contributed by atoms with Crippen LogP contribution in [0.15, 0.2) is 22.8 Å². The van der Waals surface area contributed by atoms with Crippen molar-refractivity contribution in [3.63, 3.8) is 0 Å². The molecule has 1 saturated heterocycles.